The maximum Gasteiger partial charge on any atom is 0.185 e. The van der Waals surface area contributed by atoms with Crippen LogP contribution in [-0.2, 0) is 15.6 Å². The highest BCUT2D eigenvalue weighted by Gasteiger charge is 2.22. The van der Waals surface area contributed by atoms with Gasteiger partial charge in [-0.2, -0.15) is 0 Å². The van der Waals surface area contributed by atoms with Crippen LogP contribution in [0.5, 0.6) is 0 Å². The molecule has 0 saturated heterocycles. The minimum absolute atomic E-state index is 0.200. The molecule has 3 nitrogen and oxygen atoms in total. The van der Waals surface area contributed by atoms with Gasteiger partial charge in [0, 0.05) is 5.56 Å². The summed E-state index contributed by atoms with van der Waals surface area (Å²) in [6.45, 7) is 0. The average molecular weight is 301 g/mol. The Morgan fingerprint density at radius 2 is 1.75 bits per heavy atom. The molecule has 2 aromatic carbocycles. The lowest BCUT2D eigenvalue weighted by Gasteiger charge is -2.08. The molecule has 20 heavy (non-hydrogen) atoms. The Morgan fingerprint density at radius 1 is 1.05 bits per heavy atom. The van der Waals surface area contributed by atoms with Crippen molar-refractivity contribution in [3.05, 3.63) is 59.4 Å². The van der Waals surface area contributed by atoms with Crippen LogP contribution in [0.2, 0.25) is 0 Å². The topological polar surface area (TPSA) is 60.2 Å². The first kappa shape index (κ1) is 14.4. The molecule has 0 bridgehead atoms. The normalized spacial score (nSPS) is 11.6. The number of hydrogen-bond acceptors (Lipinski definition) is 3. The van der Waals surface area contributed by atoms with Gasteiger partial charge >= 0.3 is 0 Å². The Morgan fingerprint density at radius 3 is 2.45 bits per heavy atom. The van der Waals surface area contributed by atoms with E-state index in [-0.39, 0.29) is 11.3 Å². The number of hydrogen-bond donors (Lipinski definition) is 1. The minimum Gasteiger partial charge on any atom is -0.396 e. The largest absolute Gasteiger partial charge is 0.396 e. The number of halogens is 3. The van der Waals surface area contributed by atoms with E-state index in [2.05, 4.69) is 0 Å². The molecule has 0 aromatic heterocycles. The van der Waals surface area contributed by atoms with Crippen LogP contribution < -0.4 is 5.73 Å². The van der Waals surface area contributed by atoms with Crippen LogP contribution in [0.3, 0.4) is 0 Å². The lowest BCUT2D eigenvalue weighted by molar-refractivity contribution is 0.551. The zero-order valence-electron chi connectivity index (χ0n) is 10.1. The highest BCUT2D eigenvalue weighted by molar-refractivity contribution is 7.90. The molecule has 2 rings (SSSR count). The van der Waals surface area contributed by atoms with Gasteiger partial charge in [-0.25, -0.2) is 21.6 Å². The summed E-state index contributed by atoms with van der Waals surface area (Å²) in [6.07, 6.45) is 0. The fourth-order valence-corrected chi connectivity index (χ4v) is 3.15. The van der Waals surface area contributed by atoms with Crippen molar-refractivity contribution >= 4 is 15.5 Å². The minimum atomic E-state index is -4.22. The third-order valence-electron chi connectivity index (χ3n) is 2.68. The summed E-state index contributed by atoms with van der Waals surface area (Å²) >= 11 is 0. The summed E-state index contributed by atoms with van der Waals surface area (Å²) in [5.41, 5.74) is 4.92. The van der Waals surface area contributed by atoms with Gasteiger partial charge in [-0.1, -0.05) is 12.1 Å². The zero-order valence-corrected chi connectivity index (χ0v) is 10.9. The summed E-state index contributed by atoms with van der Waals surface area (Å²) in [4.78, 5) is -0.806. The Labute approximate surface area is 113 Å². The number of benzene rings is 2. The van der Waals surface area contributed by atoms with Gasteiger partial charge < -0.3 is 5.73 Å². The van der Waals surface area contributed by atoms with E-state index >= 15 is 0 Å². The Bertz CT molecular complexity index is 760. The number of sulfone groups is 1. The number of rotatable bonds is 3. The van der Waals surface area contributed by atoms with Crippen molar-refractivity contribution in [2.24, 2.45) is 0 Å². The second-order valence-corrected chi connectivity index (χ2v) is 6.11. The van der Waals surface area contributed by atoms with Crippen LogP contribution in [0.15, 0.2) is 41.3 Å². The van der Waals surface area contributed by atoms with E-state index in [9.17, 15) is 21.6 Å². The Balaban J connectivity index is 2.46. The Kier molecular flexibility index (Phi) is 3.71. The zero-order chi connectivity index (χ0) is 14.9. The van der Waals surface area contributed by atoms with Crippen molar-refractivity contribution in [2.75, 3.05) is 5.73 Å². The predicted octanol–water partition coefficient (Wildman–Crippen LogP) is 2.66. The molecular weight excluding hydrogens is 291 g/mol. The monoisotopic (exact) mass is 301 g/mol. The lowest BCUT2D eigenvalue weighted by Crippen LogP contribution is -2.09. The molecule has 0 fully saturated rings. The third kappa shape index (κ3) is 2.77. The molecule has 0 aliphatic rings. The van der Waals surface area contributed by atoms with Crippen LogP contribution in [0, 0.1) is 17.5 Å². The van der Waals surface area contributed by atoms with Crippen LogP contribution in [0.25, 0.3) is 0 Å². The van der Waals surface area contributed by atoms with Crippen molar-refractivity contribution in [3.63, 3.8) is 0 Å². The van der Waals surface area contributed by atoms with Gasteiger partial charge in [-0.05, 0) is 24.3 Å². The maximum atomic E-state index is 13.7. The molecule has 0 amide bonds. The van der Waals surface area contributed by atoms with E-state index in [4.69, 9.17) is 5.73 Å². The SMILES string of the molecule is Nc1cccc(CS(=O)(=O)c2cc(F)ccc2F)c1F. The predicted molar refractivity (Wildman–Crippen MR) is 68.1 cm³/mol. The van der Waals surface area contributed by atoms with Crippen molar-refractivity contribution < 1.29 is 21.6 Å². The molecule has 0 spiro atoms. The highest BCUT2D eigenvalue weighted by atomic mass is 32.2. The highest BCUT2D eigenvalue weighted by Crippen LogP contribution is 2.23. The van der Waals surface area contributed by atoms with Gasteiger partial charge in [-0.15, -0.1) is 0 Å². The van der Waals surface area contributed by atoms with E-state index in [1.165, 1.54) is 18.2 Å². The molecule has 2 aromatic rings. The number of anilines is 1. The van der Waals surface area contributed by atoms with Gasteiger partial charge in [0.1, 0.15) is 22.3 Å². The fourth-order valence-electron chi connectivity index (χ4n) is 1.71. The van der Waals surface area contributed by atoms with Crippen molar-refractivity contribution in [3.8, 4) is 0 Å². The summed E-state index contributed by atoms with van der Waals surface area (Å²) in [5.74, 6) is -3.66. The second kappa shape index (κ2) is 5.16. The molecule has 0 radical (unpaired) electrons. The molecule has 106 valence electrons. The van der Waals surface area contributed by atoms with E-state index in [1.807, 2.05) is 0 Å². The van der Waals surface area contributed by atoms with E-state index in [0.29, 0.717) is 12.1 Å². The van der Waals surface area contributed by atoms with Crippen LogP contribution in [0.4, 0.5) is 18.9 Å². The van der Waals surface area contributed by atoms with Gasteiger partial charge in [0.15, 0.2) is 9.84 Å². The first-order valence-electron chi connectivity index (χ1n) is 5.52. The van der Waals surface area contributed by atoms with Gasteiger partial charge in [-0.3, -0.25) is 0 Å². The first-order valence-corrected chi connectivity index (χ1v) is 7.17. The molecular formula is C13H10F3NO2S. The molecule has 0 aliphatic heterocycles. The molecule has 0 unspecified atom stereocenters. The summed E-state index contributed by atoms with van der Waals surface area (Å²) in [6, 6.07) is 5.95. The van der Waals surface area contributed by atoms with E-state index in [0.717, 1.165) is 6.07 Å². The van der Waals surface area contributed by atoms with E-state index in [1.54, 1.807) is 0 Å². The van der Waals surface area contributed by atoms with Crippen molar-refractivity contribution in [1.29, 1.82) is 0 Å². The lowest BCUT2D eigenvalue weighted by atomic mass is 10.2. The van der Waals surface area contributed by atoms with E-state index < -0.39 is 37.9 Å². The van der Waals surface area contributed by atoms with Crippen molar-refractivity contribution in [1.82, 2.24) is 0 Å². The third-order valence-corrected chi connectivity index (χ3v) is 4.36. The molecule has 7 heteroatoms. The van der Waals surface area contributed by atoms with Gasteiger partial charge in [0.2, 0.25) is 0 Å². The smallest absolute Gasteiger partial charge is 0.185 e. The van der Waals surface area contributed by atoms with Crippen LogP contribution >= 0.6 is 0 Å². The van der Waals surface area contributed by atoms with Crippen LogP contribution in [0.1, 0.15) is 5.56 Å². The maximum absolute atomic E-state index is 13.7. The number of nitrogen functional groups attached to an aromatic ring is 1. The number of nitrogens with two attached hydrogens (primary N) is 1. The molecule has 2 N–H and O–H groups in total. The van der Waals surface area contributed by atoms with Crippen molar-refractivity contribution in [2.45, 2.75) is 10.6 Å². The standard InChI is InChI=1S/C13H10F3NO2S/c14-9-4-5-10(15)12(6-9)20(18,19)7-8-2-1-3-11(17)13(8)16/h1-6H,7,17H2. The molecule has 0 saturated carbocycles. The summed E-state index contributed by atoms with van der Waals surface area (Å²) in [7, 11) is -4.22. The first-order chi connectivity index (χ1) is 9.31. The summed E-state index contributed by atoms with van der Waals surface area (Å²) in [5, 5.41) is 0. The quantitative estimate of drug-likeness (QED) is 0.887. The average Bonchev–Trinajstić information content (AvgIpc) is 2.37. The summed E-state index contributed by atoms with van der Waals surface area (Å²) < 4.78 is 64.2. The molecule has 0 atom stereocenters. The molecule has 0 aliphatic carbocycles. The van der Waals surface area contributed by atoms with Gasteiger partial charge in [0.05, 0.1) is 11.4 Å². The Hall–Kier alpha value is -2.02. The van der Waals surface area contributed by atoms with Gasteiger partial charge in [0.25, 0.3) is 0 Å². The molecule has 0 heterocycles. The fraction of sp³-hybridized carbons (Fsp3) is 0.0769. The second-order valence-electron chi connectivity index (χ2n) is 4.15. The van der Waals surface area contributed by atoms with Crippen LogP contribution in [-0.4, -0.2) is 8.42 Å².